The summed E-state index contributed by atoms with van der Waals surface area (Å²) in [7, 11) is 0. The van der Waals surface area contributed by atoms with Crippen LogP contribution in [0.1, 0.15) is 18.2 Å². The molecule has 0 radical (unpaired) electrons. The highest BCUT2D eigenvalue weighted by atomic mass is 32.1. The van der Waals surface area contributed by atoms with Gasteiger partial charge in [0.2, 0.25) is 0 Å². The minimum Gasteiger partial charge on any atom is -0.314 e. The lowest BCUT2D eigenvalue weighted by Gasteiger charge is -2.34. The van der Waals surface area contributed by atoms with E-state index in [1.165, 1.54) is 11.3 Å². The zero-order valence-electron chi connectivity index (χ0n) is 10.6. The first-order valence-electron chi connectivity index (χ1n) is 6.38. The third kappa shape index (κ3) is 3.28. The third-order valence-electron chi connectivity index (χ3n) is 3.40. The normalized spacial score (nSPS) is 18.7. The number of hydrogen-bond acceptors (Lipinski definition) is 5. The monoisotopic (exact) mass is 269 g/mol. The Morgan fingerprint density at radius 2 is 2.22 bits per heavy atom. The maximum atomic E-state index is 10.7. The average Bonchev–Trinajstić information content (AvgIpc) is 2.86. The molecule has 1 fully saturated rings. The fraction of sp³-hybridized carbons (Fsp3) is 0.667. The van der Waals surface area contributed by atoms with Crippen molar-refractivity contribution in [2.45, 2.75) is 25.8 Å². The zero-order chi connectivity index (χ0) is 13.0. The Bertz CT molecular complexity index is 402. The fourth-order valence-electron chi connectivity index (χ4n) is 2.39. The lowest BCUT2D eigenvalue weighted by molar-refractivity contribution is -0.380. The van der Waals surface area contributed by atoms with Gasteiger partial charge in [0.1, 0.15) is 0 Å². The van der Waals surface area contributed by atoms with Gasteiger partial charge in [-0.2, -0.15) is 0 Å². The van der Waals surface area contributed by atoms with E-state index in [1.807, 2.05) is 6.07 Å². The van der Waals surface area contributed by atoms with E-state index in [0.29, 0.717) is 6.04 Å². The van der Waals surface area contributed by atoms with Crippen molar-refractivity contribution in [2.24, 2.45) is 0 Å². The lowest BCUT2D eigenvalue weighted by atomic mass is 10.1. The highest BCUT2D eigenvalue weighted by molar-refractivity contribution is 7.15. The molecule has 2 rings (SSSR count). The van der Waals surface area contributed by atoms with Gasteiger partial charge in [0.05, 0.1) is 4.92 Å². The summed E-state index contributed by atoms with van der Waals surface area (Å²) in [4.78, 5) is 14.0. The predicted octanol–water partition coefficient (Wildman–Crippen LogP) is 1.88. The van der Waals surface area contributed by atoms with Crippen LogP contribution in [0.5, 0.6) is 0 Å². The van der Waals surface area contributed by atoms with E-state index in [1.54, 1.807) is 6.07 Å². The summed E-state index contributed by atoms with van der Waals surface area (Å²) in [6.07, 6.45) is 2.01. The molecule has 1 aliphatic heterocycles. The summed E-state index contributed by atoms with van der Waals surface area (Å²) >= 11 is 1.31. The third-order valence-corrected chi connectivity index (χ3v) is 4.46. The van der Waals surface area contributed by atoms with Gasteiger partial charge in [-0.05, 0) is 18.9 Å². The van der Waals surface area contributed by atoms with Gasteiger partial charge >= 0.3 is 5.00 Å². The Morgan fingerprint density at radius 3 is 2.78 bits per heavy atom. The van der Waals surface area contributed by atoms with Crippen LogP contribution >= 0.6 is 11.3 Å². The average molecular weight is 269 g/mol. The van der Waals surface area contributed by atoms with Crippen LogP contribution in [-0.2, 0) is 6.42 Å². The number of nitro groups is 1. The zero-order valence-corrected chi connectivity index (χ0v) is 11.4. The number of nitrogens with zero attached hydrogens (tertiary/aromatic N) is 2. The van der Waals surface area contributed by atoms with Gasteiger partial charge in [-0.25, -0.2) is 0 Å². The van der Waals surface area contributed by atoms with Crippen LogP contribution in [0.2, 0.25) is 0 Å². The topological polar surface area (TPSA) is 58.4 Å². The first kappa shape index (κ1) is 13.5. The molecule has 0 saturated carbocycles. The molecule has 1 saturated heterocycles. The fourth-order valence-corrected chi connectivity index (χ4v) is 3.28. The van der Waals surface area contributed by atoms with Gasteiger partial charge in [-0.15, -0.1) is 0 Å². The molecule has 1 atom stereocenters. The molecular weight excluding hydrogens is 250 g/mol. The number of rotatable bonds is 5. The second-order valence-corrected chi connectivity index (χ2v) is 5.70. The van der Waals surface area contributed by atoms with E-state index in [4.69, 9.17) is 0 Å². The van der Waals surface area contributed by atoms with E-state index < -0.39 is 0 Å². The van der Waals surface area contributed by atoms with Gasteiger partial charge in [-0.1, -0.05) is 18.3 Å². The summed E-state index contributed by atoms with van der Waals surface area (Å²) in [5.41, 5.74) is 0. The van der Waals surface area contributed by atoms with Crippen LogP contribution < -0.4 is 5.32 Å². The number of hydrogen-bond donors (Lipinski definition) is 1. The van der Waals surface area contributed by atoms with Crippen molar-refractivity contribution in [1.29, 1.82) is 0 Å². The van der Waals surface area contributed by atoms with Gasteiger partial charge in [0.25, 0.3) is 0 Å². The standard InChI is InChI=1S/C12H19N3O2S/c1-2-10(14-7-5-13-6-8-14)9-11-3-4-12(18-11)15(16)17/h3-4,10,13H,2,5-9H2,1H3. The molecule has 18 heavy (non-hydrogen) atoms. The summed E-state index contributed by atoms with van der Waals surface area (Å²) in [5, 5.41) is 14.3. The van der Waals surface area contributed by atoms with Crippen molar-refractivity contribution in [1.82, 2.24) is 10.2 Å². The highest BCUT2D eigenvalue weighted by Crippen LogP contribution is 2.26. The van der Waals surface area contributed by atoms with Crippen molar-refractivity contribution in [2.75, 3.05) is 26.2 Å². The molecule has 1 aromatic rings. The van der Waals surface area contributed by atoms with Gasteiger partial charge < -0.3 is 5.32 Å². The van der Waals surface area contributed by atoms with Gasteiger partial charge in [0, 0.05) is 43.2 Å². The predicted molar refractivity (Wildman–Crippen MR) is 73.2 cm³/mol. The summed E-state index contributed by atoms with van der Waals surface area (Å²) in [5.74, 6) is 0. The molecule has 0 spiro atoms. The molecule has 5 nitrogen and oxygen atoms in total. The quantitative estimate of drug-likeness (QED) is 0.655. The van der Waals surface area contributed by atoms with E-state index >= 15 is 0 Å². The van der Waals surface area contributed by atoms with Crippen molar-refractivity contribution in [3.63, 3.8) is 0 Å². The van der Waals surface area contributed by atoms with E-state index in [0.717, 1.165) is 43.9 Å². The lowest BCUT2D eigenvalue weighted by Crippen LogP contribution is -2.48. The molecule has 0 aliphatic carbocycles. The van der Waals surface area contributed by atoms with Crippen LogP contribution in [0.25, 0.3) is 0 Å². The second kappa shape index (κ2) is 6.26. The largest absolute Gasteiger partial charge is 0.324 e. The minimum absolute atomic E-state index is 0.250. The first-order valence-corrected chi connectivity index (χ1v) is 7.20. The summed E-state index contributed by atoms with van der Waals surface area (Å²) in [6.45, 7) is 6.43. The number of nitrogens with one attached hydrogen (secondary N) is 1. The molecule has 0 aromatic carbocycles. The van der Waals surface area contributed by atoms with Crippen molar-refractivity contribution < 1.29 is 4.92 Å². The Balaban J connectivity index is 1.97. The maximum Gasteiger partial charge on any atom is 0.324 e. The van der Waals surface area contributed by atoms with Gasteiger partial charge in [-0.3, -0.25) is 15.0 Å². The SMILES string of the molecule is CCC(Cc1ccc([N+](=O)[O-])s1)N1CCNCC1. The summed E-state index contributed by atoms with van der Waals surface area (Å²) < 4.78 is 0. The van der Waals surface area contributed by atoms with E-state index in [-0.39, 0.29) is 9.92 Å². The Kier molecular flexibility index (Phi) is 4.68. The molecule has 100 valence electrons. The highest BCUT2D eigenvalue weighted by Gasteiger charge is 2.20. The maximum absolute atomic E-state index is 10.7. The molecule has 1 aromatic heterocycles. The first-order chi connectivity index (χ1) is 8.70. The van der Waals surface area contributed by atoms with Crippen LogP contribution in [0.4, 0.5) is 5.00 Å². The van der Waals surface area contributed by atoms with Crippen LogP contribution in [-0.4, -0.2) is 42.0 Å². The van der Waals surface area contributed by atoms with E-state index in [2.05, 4.69) is 17.1 Å². The van der Waals surface area contributed by atoms with Crippen molar-refractivity contribution in [3.05, 3.63) is 27.1 Å². The molecule has 2 heterocycles. The molecule has 1 aliphatic rings. The Labute approximate surface area is 111 Å². The molecule has 0 bridgehead atoms. The molecule has 6 heteroatoms. The smallest absolute Gasteiger partial charge is 0.314 e. The molecule has 0 amide bonds. The molecule has 1 unspecified atom stereocenters. The van der Waals surface area contributed by atoms with Gasteiger partial charge in [0.15, 0.2) is 0 Å². The van der Waals surface area contributed by atoms with E-state index in [9.17, 15) is 10.1 Å². The van der Waals surface area contributed by atoms with Crippen molar-refractivity contribution in [3.8, 4) is 0 Å². The Hall–Kier alpha value is -0.980. The molecule has 1 N–H and O–H groups in total. The summed E-state index contributed by atoms with van der Waals surface area (Å²) in [6, 6.07) is 4.02. The number of thiophene rings is 1. The Morgan fingerprint density at radius 1 is 1.50 bits per heavy atom. The molecular formula is C12H19N3O2S. The van der Waals surface area contributed by atoms with Crippen LogP contribution in [0.15, 0.2) is 12.1 Å². The van der Waals surface area contributed by atoms with Crippen molar-refractivity contribution >= 4 is 16.3 Å². The van der Waals surface area contributed by atoms with Crippen LogP contribution in [0, 0.1) is 10.1 Å². The number of piperazine rings is 1. The minimum atomic E-state index is -0.306. The second-order valence-electron chi connectivity index (χ2n) is 4.55. The van der Waals surface area contributed by atoms with Crippen LogP contribution in [0.3, 0.4) is 0 Å².